The number of hydrogen-bond donors (Lipinski definition) is 0. The molecule has 0 amide bonds. The molecule has 0 N–H and O–H groups in total. The summed E-state index contributed by atoms with van der Waals surface area (Å²) < 4.78 is 42.6. The smallest absolute Gasteiger partial charge is 0.261 e. The quantitative estimate of drug-likeness (QED) is 0.615. The molecule has 2 rings (SSSR count). The summed E-state index contributed by atoms with van der Waals surface area (Å²) in [4.78, 5) is -0.0433. The van der Waals surface area contributed by atoms with Crippen molar-refractivity contribution in [1.82, 2.24) is 0 Å². The van der Waals surface area contributed by atoms with Gasteiger partial charge >= 0.3 is 0 Å². The molecule has 0 aliphatic carbocycles. The van der Waals surface area contributed by atoms with Crippen molar-refractivity contribution in [3.05, 3.63) is 56.7 Å². The lowest BCUT2D eigenvalue weighted by Crippen LogP contribution is -2.00. The molecule has 21 heavy (non-hydrogen) atoms. The zero-order valence-corrected chi connectivity index (χ0v) is 15.1. The van der Waals surface area contributed by atoms with Crippen molar-refractivity contribution in [2.45, 2.75) is 11.5 Å². The first-order valence-corrected chi connectivity index (χ1v) is 9.48. The largest absolute Gasteiger partial charge is 0.488 e. The third-order valence-electron chi connectivity index (χ3n) is 2.58. The second kappa shape index (κ2) is 6.64. The van der Waals surface area contributed by atoms with Gasteiger partial charge in [0.2, 0.25) is 0 Å². The van der Waals surface area contributed by atoms with E-state index in [9.17, 15) is 12.8 Å². The van der Waals surface area contributed by atoms with Crippen LogP contribution in [0.15, 0.2) is 50.2 Å². The van der Waals surface area contributed by atoms with Crippen LogP contribution in [0, 0.1) is 5.82 Å². The Morgan fingerprint density at radius 3 is 2.43 bits per heavy atom. The van der Waals surface area contributed by atoms with E-state index in [0.717, 1.165) is 0 Å². The van der Waals surface area contributed by atoms with Gasteiger partial charge in [0, 0.05) is 20.7 Å². The zero-order valence-electron chi connectivity index (χ0n) is 10.3. The fraction of sp³-hybridized carbons (Fsp3) is 0.0769. The first-order valence-electron chi connectivity index (χ1n) is 5.58. The number of halogens is 4. The maximum absolute atomic E-state index is 13.7. The molecule has 0 radical (unpaired) electrons. The molecule has 0 atom stereocenters. The van der Waals surface area contributed by atoms with E-state index in [4.69, 9.17) is 15.4 Å². The Labute approximate surface area is 142 Å². The Morgan fingerprint density at radius 2 is 1.86 bits per heavy atom. The standard InChI is InChI=1S/C13H8Br2ClFO3S/c14-9-2-1-8(12(17)5-9)7-20-13-4-3-10(6-11(13)15)21(16,18)19/h1-6H,7H2. The molecule has 0 bridgehead atoms. The third kappa shape index (κ3) is 4.42. The lowest BCUT2D eigenvalue weighted by atomic mass is 10.2. The van der Waals surface area contributed by atoms with Gasteiger partial charge in [-0.3, -0.25) is 0 Å². The van der Waals surface area contributed by atoms with E-state index in [1.54, 1.807) is 12.1 Å². The lowest BCUT2D eigenvalue weighted by molar-refractivity contribution is 0.297. The molecule has 3 nitrogen and oxygen atoms in total. The summed E-state index contributed by atoms with van der Waals surface area (Å²) in [6.07, 6.45) is 0. The maximum atomic E-state index is 13.7. The van der Waals surface area contributed by atoms with Crippen LogP contribution < -0.4 is 4.74 Å². The molecule has 0 aromatic heterocycles. The summed E-state index contributed by atoms with van der Waals surface area (Å²) in [6, 6.07) is 8.76. The van der Waals surface area contributed by atoms with Crippen molar-refractivity contribution in [2.75, 3.05) is 0 Å². The summed E-state index contributed by atoms with van der Waals surface area (Å²) in [5, 5.41) is 0. The Hall–Kier alpha value is -0.630. The van der Waals surface area contributed by atoms with Crippen LogP contribution in [0.3, 0.4) is 0 Å². The van der Waals surface area contributed by atoms with Crippen LogP contribution >= 0.6 is 42.5 Å². The fourth-order valence-electron chi connectivity index (χ4n) is 1.54. The van der Waals surface area contributed by atoms with Gasteiger partial charge in [-0.2, -0.15) is 0 Å². The summed E-state index contributed by atoms with van der Waals surface area (Å²) >= 11 is 6.37. The highest BCUT2D eigenvalue weighted by atomic mass is 79.9. The van der Waals surface area contributed by atoms with Crippen molar-refractivity contribution in [1.29, 1.82) is 0 Å². The average Bonchev–Trinajstić information content (AvgIpc) is 2.38. The molecule has 8 heteroatoms. The summed E-state index contributed by atoms with van der Waals surface area (Å²) in [7, 11) is 1.45. The van der Waals surface area contributed by atoms with Crippen LogP contribution in [0.2, 0.25) is 0 Å². The van der Waals surface area contributed by atoms with Crippen molar-refractivity contribution in [3.63, 3.8) is 0 Å². The first-order chi connectivity index (χ1) is 9.77. The zero-order chi connectivity index (χ0) is 15.6. The average molecular weight is 459 g/mol. The second-order valence-corrected chi connectivity index (χ2v) is 8.39. The predicted molar refractivity (Wildman–Crippen MR) is 85.6 cm³/mol. The van der Waals surface area contributed by atoms with E-state index in [1.165, 1.54) is 24.3 Å². The minimum Gasteiger partial charge on any atom is -0.488 e. The van der Waals surface area contributed by atoms with Gasteiger partial charge < -0.3 is 4.74 Å². The predicted octanol–water partition coefficient (Wildman–Crippen LogP) is 4.86. The van der Waals surface area contributed by atoms with E-state index in [-0.39, 0.29) is 17.3 Å². The van der Waals surface area contributed by atoms with Gasteiger partial charge in [-0.05, 0) is 46.3 Å². The van der Waals surface area contributed by atoms with Crippen LogP contribution in [-0.2, 0) is 15.7 Å². The van der Waals surface area contributed by atoms with E-state index in [1.807, 2.05) is 0 Å². The van der Waals surface area contributed by atoms with Gasteiger partial charge in [-0.1, -0.05) is 22.0 Å². The topological polar surface area (TPSA) is 43.4 Å². The van der Waals surface area contributed by atoms with Crippen molar-refractivity contribution in [3.8, 4) is 5.75 Å². The summed E-state index contributed by atoms with van der Waals surface area (Å²) in [5.74, 6) is 0.00170. The Morgan fingerprint density at radius 1 is 1.14 bits per heavy atom. The minimum absolute atomic E-state index is 0.0185. The highest BCUT2D eigenvalue weighted by Gasteiger charge is 2.13. The van der Waals surface area contributed by atoms with Gasteiger partial charge in [0.25, 0.3) is 9.05 Å². The molecule has 0 heterocycles. The first kappa shape index (κ1) is 16.7. The number of hydrogen-bond acceptors (Lipinski definition) is 3. The van der Waals surface area contributed by atoms with E-state index in [0.29, 0.717) is 20.3 Å². The van der Waals surface area contributed by atoms with Crippen LogP contribution in [0.4, 0.5) is 4.39 Å². The number of benzene rings is 2. The minimum atomic E-state index is -3.80. The highest BCUT2D eigenvalue weighted by Crippen LogP contribution is 2.30. The number of ether oxygens (including phenoxy) is 1. The van der Waals surface area contributed by atoms with Crippen molar-refractivity contribution >= 4 is 51.6 Å². The molecule has 0 spiro atoms. The lowest BCUT2D eigenvalue weighted by Gasteiger charge is -2.10. The highest BCUT2D eigenvalue weighted by molar-refractivity contribution is 9.10. The molecule has 0 aliphatic heterocycles. The molecule has 0 saturated heterocycles. The van der Waals surface area contributed by atoms with Crippen LogP contribution in [0.5, 0.6) is 5.75 Å². The molecule has 2 aromatic rings. The van der Waals surface area contributed by atoms with Gasteiger partial charge in [0.15, 0.2) is 0 Å². The normalized spacial score (nSPS) is 11.4. The van der Waals surface area contributed by atoms with Crippen LogP contribution in [-0.4, -0.2) is 8.42 Å². The molecule has 0 saturated carbocycles. The van der Waals surface area contributed by atoms with Crippen LogP contribution in [0.1, 0.15) is 5.56 Å². The molecule has 112 valence electrons. The molecule has 0 unspecified atom stereocenters. The maximum Gasteiger partial charge on any atom is 0.261 e. The summed E-state index contributed by atoms with van der Waals surface area (Å²) in [5.41, 5.74) is 0.388. The SMILES string of the molecule is O=S(=O)(Cl)c1ccc(OCc2ccc(Br)cc2F)c(Br)c1. The van der Waals surface area contributed by atoms with Crippen molar-refractivity contribution in [2.24, 2.45) is 0 Å². The molecule has 2 aromatic carbocycles. The van der Waals surface area contributed by atoms with Gasteiger partial charge in [0.05, 0.1) is 9.37 Å². The molecular weight excluding hydrogens is 450 g/mol. The molecule has 0 aliphatic rings. The van der Waals surface area contributed by atoms with E-state index in [2.05, 4.69) is 31.9 Å². The van der Waals surface area contributed by atoms with Crippen molar-refractivity contribution < 1.29 is 17.5 Å². The molecule has 0 fully saturated rings. The van der Waals surface area contributed by atoms with Gasteiger partial charge in [0.1, 0.15) is 18.2 Å². The monoisotopic (exact) mass is 456 g/mol. The second-order valence-electron chi connectivity index (χ2n) is 4.05. The van der Waals surface area contributed by atoms with Crippen LogP contribution in [0.25, 0.3) is 0 Å². The Balaban J connectivity index is 2.17. The van der Waals surface area contributed by atoms with E-state index < -0.39 is 9.05 Å². The van der Waals surface area contributed by atoms with Gasteiger partial charge in [-0.15, -0.1) is 0 Å². The number of rotatable bonds is 4. The third-order valence-corrected chi connectivity index (χ3v) is 5.05. The molecular formula is C13H8Br2ClFO3S. The van der Waals surface area contributed by atoms with Gasteiger partial charge in [-0.25, -0.2) is 12.8 Å². The Kier molecular flexibility index (Phi) is 5.29. The Bertz CT molecular complexity index is 781. The van der Waals surface area contributed by atoms with E-state index >= 15 is 0 Å². The summed E-state index contributed by atoms with van der Waals surface area (Å²) in [6.45, 7) is 0.0185. The fourth-order valence-corrected chi connectivity index (χ4v) is 3.30.